The highest BCUT2D eigenvalue weighted by atomic mass is 16.5. The monoisotopic (exact) mass is 225 g/mol. The molecule has 90 valence electrons. The van der Waals surface area contributed by atoms with Gasteiger partial charge in [-0.1, -0.05) is 18.5 Å². The highest BCUT2D eigenvalue weighted by molar-refractivity contribution is 5.85. The molecule has 1 heterocycles. The van der Waals surface area contributed by atoms with Crippen molar-refractivity contribution < 1.29 is 9.32 Å². The Labute approximate surface area is 95.4 Å². The van der Waals surface area contributed by atoms with Gasteiger partial charge in [0.2, 0.25) is 5.91 Å². The summed E-state index contributed by atoms with van der Waals surface area (Å²) < 4.78 is 4.98. The molecule has 0 radical (unpaired) electrons. The van der Waals surface area contributed by atoms with Gasteiger partial charge in [-0.25, -0.2) is 0 Å². The number of carbonyl (C=O) groups is 1. The largest absolute Gasteiger partial charge is 0.359 e. The van der Waals surface area contributed by atoms with Gasteiger partial charge < -0.3 is 15.6 Å². The fourth-order valence-electron chi connectivity index (χ4n) is 1.50. The van der Waals surface area contributed by atoms with Crippen LogP contribution in [0.5, 0.6) is 0 Å². The molecule has 0 spiro atoms. The van der Waals surface area contributed by atoms with Crippen LogP contribution in [0, 0.1) is 6.92 Å². The lowest BCUT2D eigenvalue weighted by Crippen LogP contribution is -2.51. The van der Waals surface area contributed by atoms with Crippen molar-refractivity contribution in [1.82, 2.24) is 10.5 Å². The lowest BCUT2D eigenvalue weighted by molar-refractivity contribution is -0.126. The standard InChI is InChI=1S/C11H19N3O2/c1-4-5-11(3,12)10(15)13-7-9-6-8(2)14-16-9/h6H,4-5,7,12H2,1-3H3,(H,13,15). The van der Waals surface area contributed by atoms with Crippen LogP contribution in [-0.2, 0) is 11.3 Å². The zero-order valence-electron chi connectivity index (χ0n) is 10.0. The average molecular weight is 225 g/mol. The Bertz CT molecular complexity index is 358. The summed E-state index contributed by atoms with van der Waals surface area (Å²) in [7, 11) is 0. The van der Waals surface area contributed by atoms with Gasteiger partial charge in [-0.3, -0.25) is 4.79 Å². The molecule has 16 heavy (non-hydrogen) atoms. The van der Waals surface area contributed by atoms with E-state index in [0.717, 1.165) is 12.1 Å². The summed E-state index contributed by atoms with van der Waals surface area (Å²) in [6, 6.07) is 1.79. The zero-order chi connectivity index (χ0) is 12.2. The molecule has 3 N–H and O–H groups in total. The lowest BCUT2D eigenvalue weighted by atomic mass is 9.96. The first-order chi connectivity index (χ1) is 7.45. The van der Waals surface area contributed by atoms with E-state index < -0.39 is 5.54 Å². The predicted molar refractivity (Wildman–Crippen MR) is 60.6 cm³/mol. The molecule has 1 amide bonds. The second-order valence-electron chi connectivity index (χ2n) is 4.28. The van der Waals surface area contributed by atoms with E-state index in [1.807, 2.05) is 13.8 Å². The molecule has 0 aromatic carbocycles. The fourth-order valence-corrected chi connectivity index (χ4v) is 1.50. The number of amides is 1. The van der Waals surface area contributed by atoms with Gasteiger partial charge >= 0.3 is 0 Å². The van der Waals surface area contributed by atoms with Crippen molar-refractivity contribution in [2.45, 2.75) is 45.7 Å². The molecule has 0 fully saturated rings. The molecule has 0 bridgehead atoms. The molecule has 0 aliphatic carbocycles. The predicted octanol–water partition coefficient (Wildman–Crippen LogP) is 1.12. The van der Waals surface area contributed by atoms with Gasteiger partial charge in [0, 0.05) is 6.07 Å². The lowest BCUT2D eigenvalue weighted by Gasteiger charge is -2.22. The number of carbonyl (C=O) groups excluding carboxylic acids is 1. The van der Waals surface area contributed by atoms with Crippen LogP contribution < -0.4 is 11.1 Å². The summed E-state index contributed by atoms with van der Waals surface area (Å²) in [5, 5.41) is 6.48. The van der Waals surface area contributed by atoms with Gasteiger partial charge in [-0.15, -0.1) is 0 Å². The molecular weight excluding hydrogens is 206 g/mol. The Kier molecular flexibility index (Phi) is 4.06. The Morgan fingerprint density at radius 2 is 2.38 bits per heavy atom. The summed E-state index contributed by atoms with van der Waals surface area (Å²) in [5.74, 6) is 0.474. The van der Waals surface area contributed by atoms with Crippen LogP contribution in [0.2, 0.25) is 0 Å². The Balaban J connectivity index is 2.46. The maximum Gasteiger partial charge on any atom is 0.240 e. The summed E-state index contributed by atoms with van der Waals surface area (Å²) in [4.78, 5) is 11.7. The van der Waals surface area contributed by atoms with Crippen molar-refractivity contribution in [1.29, 1.82) is 0 Å². The smallest absolute Gasteiger partial charge is 0.240 e. The average Bonchev–Trinajstić information content (AvgIpc) is 2.60. The third-order valence-electron chi connectivity index (χ3n) is 2.39. The number of aryl methyl sites for hydroxylation is 1. The Morgan fingerprint density at radius 1 is 1.69 bits per heavy atom. The van der Waals surface area contributed by atoms with Crippen molar-refractivity contribution in [3.63, 3.8) is 0 Å². The topological polar surface area (TPSA) is 81.2 Å². The third kappa shape index (κ3) is 3.34. The number of hydrogen-bond acceptors (Lipinski definition) is 4. The van der Waals surface area contributed by atoms with Crippen molar-refractivity contribution in [2.24, 2.45) is 5.73 Å². The number of aromatic nitrogens is 1. The van der Waals surface area contributed by atoms with Gasteiger partial charge in [-0.05, 0) is 20.3 Å². The van der Waals surface area contributed by atoms with Crippen LogP contribution in [0.4, 0.5) is 0 Å². The molecule has 1 aromatic rings. The van der Waals surface area contributed by atoms with E-state index in [9.17, 15) is 4.79 Å². The van der Waals surface area contributed by atoms with E-state index in [4.69, 9.17) is 10.3 Å². The van der Waals surface area contributed by atoms with Crippen LogP contribution in [0.15, 0.2) is 10.6 Å². The number of nitrogens with two attached hydrogens (primary N) is 1. The Hall–Kier alpha value is -1.36. The van der Waals surface area contributed by atoms with Gasteiger partial charge in [0.1, 0.15) is 0 Å². The molecule has 0 aliphatic rings. The van der Waals surface area contributed by atoms with Gasteiger partial charge in [0.05, 0.1) is 17.8 Å². The van der Waals surface area contributed by atoms with E-state index in [0.29, 0.717) is 18.7 Å². The SMILES string of the molecule is CCCC(C)(N)C(=O)NCc1cc(C)no1. The van der Waals surface area contributed by atoms with Gasteiger partial charge in [-0.2, -0.15) is 0 Å². The van der Waals surface area contributed by atoms with Gasteiger partial charge in [0.15, 0.2) is 5.76 Å². The maximum atomic E-state index is 11.7. The van der Waals surface area contributed by atoms with Crippen LogP contribution >= 0.6 is 0 Å². The molecule has 1 unspecified atom stereocenters. The molecular formula is C11H19N3O2. The van der Waals surface area contributed by atoms with E-state index in [2.05, 4.69) is 10.5 Å². The molecule has 5 nitrogen and oxygen atoms in total. The quantitative estimate of drug-likeness (QED) is 0.786. The van der Waals surface area contributed by atoms with Crippen LogP contribution in [0.25, 0.3) is 0 Å². The minimum Gasteiger partial charge on any atom is -0.359 e. The van der Waals surface area contributed by atoms with Crippen LogP contribution in [0.1, 0.15) is 38.1 Å². The third-order valence-corrected chi connectivity index (χ3v) is 2.39. The minimum atomic E-state index is -0.816. The van der Waals surface area contributed by atoms with E-state index in [1.54, 1.807) is 13.0 Å². The van der Waals surface area contributed by atoms with Crippen molar-refractivity contribution in [3.05, 3.63) is 17.5 Å². The molecule has 0 saturated heterocycles. The first-order valence-electron chi connectivity index (χ1n) is 5.45. The summed E-state index contributed by atoms with van der Waals surface area (Å²) in [6.07, 6.45) is 1.54. The normalized spacial score (nSPS) is 14.5. The number of nitrogens with one attached hydrogen (secondary N) is 1. The molecule has 1 aromatic heterocycles. The zero-order valence-corrected chi connectivity index (χ0v) is 10.0. The molecule has 0 aliphatic heterocycles. The number of hydrogen-bond donors (Lipinski definition) is 2. The second-order valence-corrected chi connectivity index (χ2v) is 4.28. The highest BCUT2D eigenvalue weighted by Crippen LogP contribution is 2.09. The van der Waals surface area contributed by atoms with Crippen molar-refractivity contribution >= 4 is 5.91 Å². The molecule has 5 heteroatoms. The Morgan fingerprint density at radius 3 is 2.88 bits per heavy atom. The first kappa shape index (κ1) is 12.7. The van der Waals surface area contributed by atoms with Crippen molar-refractivity contribution in [3.8, 4) is 0 Å². The number of nitrogens with zero attached hydrogens (tertiary/aromatic N) is 1. The van der Waals surface area contributed by atoms with E-state index in [1.165, 1.54) is 0 Å². The second kappa shape index (κ2) is 5.12. The van der Waals surface area contributed by atoms with Crippen LogP contribution in [0.3, 0.4) is 0 Å². The van der Waals surface area contributed by atoms with E-state index in [-0.39, 0.29) is 5.91 Å². The summed E-state index contributed by atoms with van der Waals surface area (Å²) in [6.45, 7) is 5.89. The molecule has 0 saturated carbocycles. The summed E-state index contributed by atoms with van der Waals surface area (Å²) in [5.41, 5.74) is 5.87. The van der Waals surface area contributed by atoms with Crippen LogP contribution in [-0.4, -0.2) is 16.6 Å². The van der Waals surface area contributed by atoms with E-state index >= 15 is 0 Å². The van der Waals surface area contributed by atoms with Crippen molar-refractivity contribution in [2.75, 3.05) is 0 Å². The maximum absolute atomic E-state index is 11.7. The fraction of sp³-hybridized carbons (Fsp3) is 0.636. The number of rotatable bonds is 5. The molecule has 1 atom stereocenters. The summed E-state index contributed by atoms with van der Waals surface area (Å²) >= 11 is 0. The highest BCUT2D eigenvalue weighted by Gasteiger charge is 2.26. The van der Waals surface area contributed by atoms with Gasteiger partial charge in [0.25, 0.3) is 0 Å². The molecule has 1 rings (SSSR count). The minimum absolute atomic E-state index is 0.164. The first-order valence-corrected chi connectivity index (χ1v) is 5.45.